The first-order chi connectivity index (χ1) is 11.1. The average molecular weight is 336 g/mol. The maximum absolute atomic E-state index is 12.1. The summed E-state index contributed by atoms with van der Waals surface area (Å²) in [5.41, 5.74) is 0.936. The van der Waals surface area contributed by atoms with Gasteiger partial charge in [-0.25, -0.2) is 0 Å². The lowest BCUT2D eigenvalue weighted by Crippen LogP contribution is -2.43. The van der Waals surface area contributed by atoms with Gasteiger partial charge in [0.05, 0.1) is 10.7 Å². The van der Waals surface area contributed by atoms with Crippen LogP contribution in [0.2, 0.25) is 5.02 Å². The minimum absolute atomic E-state index is 0.0746. The molecule has 1 aliphatic heterocycles. The van der Waals surface area contributed by atoms with Crippen molar-refractivity contribution in [3.05, 3.63) is 41.9 Å². The molecule has 1 aromatic carbocycles. The Balaban J connectivity index is 1.73. The molecular formula is C17H22ClN3O2. The molecule has 1 aliphatic rings. The minimum atomic E-state index is -0.250. The highest BCUT2D eigenvalue weighted by Crippen LogP contribution is 2.24. The highest BCUT2D eigenvalue weighted by atomic mass is 35.5. The molecule has 2 amide bonds. The molecule has 23 heavy (non-hydrogen) atoms. The van der Waals surface area contributed by atoms with Crippen LogP contribution in [-0.2, 0) is 9.59 Å². The van der Waals surface area contributed by atoms with Crippen LogP contribution >= 0.6 is 11.6 Å². The van der Waals surface area contributed by atoms with Gasteiger partial charge in [0.25, 0.3) is 0 Å². The number of carbonyl (C=O) groups is 2. The lowest BCUT2D eigenvalue weighted by molar-refractivity contribution is -0.132. The summed E-state index contributed by atoms with van der Waals surface area (Å²) in [5, 5.41) is 6.77. The number of hydrogen-bond donors (Lipinski definition) is 2. The fourth-order valence-electron chi connectivity index (χ4n) is 2.59. The number of para-hydroxylation sites is 1. The topological polar surface area (TPSA) is 61.4 Å². The highest BCUT2D eigenvalue weighted by molar-refractivity contribution is 6.33. The van der Waals surface area contributed by atoms with Crippen LogP contribution in [0.3, 0.4) is 0 Å². The second kappa shape index (κ2) is 8.58. The Labute approximate surface area is 141 Å². The molecule has 0 bridgehead atoms. The summed E-state index contributed by atoms with van der Waals surface area (Å²) < 4.78 is 0. The predicted octanol–water partition coefficient (Wildman–Crippen LogP) is 2.44. The van der Waals surface area contributed by atoms with Gasteiger partial charge in [0.15, 0.2) is 0 Å². The molecule has 0 radical (unpaired) electrons. The number of carbonyl (C=O) groups excluding carboxylic acids is 2. The van der Waals surface area contributed by atoms with E-state index in [2.05, 4.69) is 17.2 Å². The average Bonchev–Trinajstić information content (AvgIpc) is 2.57. The Bertz CT molecular complexity index is 569. The number of anilines is 1. The molecule has 5 nitrogen and oxygen atoms in total. The fourth-order valence-corrected chi connectivity index (χ4v) is 2.78. The van der Waals surface area contributed by atoms with Gasteiger partial charge in [0.2, 0.25) is 11.8 Å². The van der Waals surface area contributed by atoms with E-state index in [0.29, 0.717) is 24.0 Å². The molecule has 6 heteroatoms. The van der Waals surface area contributed by atoms with Crippen molar-refractivity contribution in [1.82, 2.24) is 10.2 Å². The van der Waals surface area contributed by atoms with Crippen LogP contribution in [0.5, 0.6) is 0 Å². The van der Waals surface area contributed by atoms with Crippen molar-refractivity contribution in [3.8, 4) is 0 Å². The van der Waals surface area contributed by atoms with E-state index in [1.807, 2.05) is 29.2 Å². The van der Waals surface area contributed by atoms with Crippen LogP contribution in [0.25, 0.3) is 0 Å². The van der Waals surface area contributed by atoms with Gasteiger partial charge in [0, 0.05) is 32.1 Å². The summed E-state index contributed by atoms with van der Waals surface area (Å²) in [5.74, 6) is -0.175. The van der Waals surface area contributed by atoms with Crippen LogP contribution in [0.4, 0.5) is 5.69 Å². The quantitative estimate of drug-likeness (QED) is 0.785. The van der Waals surface area contributed by atoms with Gasteiger partial charge in [-0.1, -0.05) is 30.3 Å². The molecule has 1 saturated heterocycles. The molecule has 1 aromatic rings. The van der Waals surface area contributed by atoms with Crippen molar-refractivity contribution in [1.29, 1.82) is 0 Å². The second-order valence-electron chi connectivity index (χ2n) is 5.52. The number of hydrogen-bond acceptors (Lipinski definition) is 3. The third kappa shape index (κ3) is 5.28. The van der Waals surface area contributed by atoms with Crippen molar-refractivity contribution in [2.45, 2.75) is 25.3 Å². The molecule has 2 rings (SSSR count). The van der Waals surface area contributed by atoms with Gasteiger partial charge in [-0.05, 0) is 31.1 Å². The first kappa shape index (κ1) is 17.3. The van der Waals surface area contributed by atoms with Crippen molar-refractivity contribution in [3.63, 3.8) is 0 Å². The Kier molecular flexibility index (Phi) is 6.47. The number of likely N-dealkylation sites (tertiary alicyclic amines) is 1. The van der Waals surface area contributed by atoms with E-state index in [0.717, 1.165) is 31.6 Å². The number of nitrogens with one attached hydrogen (secondary N) is 2. The van der Waals surface area contributed by atoms with Crippen LogP contribution in [0, 0.1) is 0 Å². The number of benzene rings is 1. The van der Waals surface area contributed by atoms with E-state index < -0.39 is 0 Å². The lowest BCUT2D eigenvalue weighted by atomic mass is 10.0. The zero-order chi connectivity index (χ0) is 16.7. The Hall–Kier alpha value is -2.01. The Morgan fingerprint density at radius 2 is 2.00 bits per heavy atom. The number of nitrogens with zero attached hydrogens (tertiary/aromatic N) is 1. The number of rotatable bonds is 6. The molecule has 1 fully saturated rings. The van der Waals surface area contributed by atoms with Crippen molar-refractivity contribution in [2.24, 2.45) is 0 Å². The molecule has 2 N–H and O–H groups in total. The van der Waals surface area contributed by atoms with Gasteiger partial charge in [-0.15, -0.1) is 0 Å². The summed E-state index contributed by atoms with van der Waals surface area (Å²) in [4.78, 5) is 25.0. The van der Waals surface area contributed by atoms with E-state index >= 15 is 0 Å². The smallest absolute Gasteiger partial charge is 0.243 e. The standard InChI is InChI=1S/C17H22ClN3O2/c1-2-16(22)19-10-7-17(23)21-11-8-13(9-12-21)20-15-6-4-3-5-14(15)18/h2-6,13,20H,1,7-12H2,(H,19,22). The molecule has 0 aliphatic carbocycles. The molecule has 0 unspecified atom stereocenters. The monoisotopic (exact) mass is 335 g/mol. The zero-order valence-corrected chi connectivity index (χ0v) is 13.8. The molecule has 0 saturated carbocycles. The highest BCUT2D eigenvalue weighted by Gasteiger charge is 2.22. The zero-order valence-electron chi connectivity index (χ0n) is 13.1. The Morgan fingerprint density at radius 1 is 1.30 bits per heavy atom. The van der Waals surface area contributed by atoms with Crippen molar-refractivity contribution >= 4 is 29.1 Å². The summed E-state index contributed by atoms with van der Waals surface area (Å²) in [6, 6.07) is 7.99. The van der Waals surface area contributed by atoms with E-state index in [4.69, 9.17) is 11.6 Å². The maximum Gasteiger partial charge on any atom is 0.243 e. The summed E-state index contributed by atoms with van der Waals surface area (Å²) in [6.07, 6.45) is 3.30. The van der Waals surface area contributed by atoms with Crippen LogP contribution in [0.15, 0.2) is 36.9 Å². The molecule has 124 valence electrons. The maximum atomic E-state index is 12.1. The van der Waals surface area contributed by atoms with Gasteiger partial charge in [-0.3, -0.25) is 9.59 Å². The van der Waals surface area contributed by atoms with E-state index in [-0.39, 0.29) is 11.8 Å². The largest absolute Gasteiger partial charge is 0.381 e. The van der Waals surface area contributed by atoms with Gasteiger partial charge >= 0.3 is 0 Å². The number of piperidine rings is 1. The SMILES string of the molecule is C=CC(=O)NCCC(=O)N1CCC(Nc2ccccc2Cl)CC1. The lowest BCUT2D eigenvalue weighted by Gasteiger charge is -2.33. The molecule has 0 aromatic heterocycles. The van der Waals surface area contributed by atoms with Crippen LogP contribution < -0.4 is 10.6 Å². The van der Waals surface area contributed by atoms with E-state index in [1.165, 1.54) is 6.08 Å². The van der Waals surface area contributed by atoms with Crippen molar-refractivity contribution in [2.75, 3.05) is 25.0 Å². The molecule has 0 spiro atoms. The third-order valence-electron chi connectivity index (χ3n) is 3.90. The first-order valence-corrected chi connectivity index (χ1v) is 8.17. The normalized spacial score (nSPS) is 15.1. The summed E-state index contributed by atoms with van der Waals surface area (Å²) in [6.45, 7) is 5.16. The fraction of sp³-hybridized carbons (Fsp3) is 0.412. The predicted molar refractivity (Wildman–Crippen MR) is 92.5 cm³/mol. The second-order valence-corrected chi connectivity index (χ2v) is 5.93. The Morgan fingerprint density at radius 3 is 2.65 bits per heavy atom. The van der Waals surface area contributed by atoms with Gasteiger partial charge in [0.1, 0.15) is 0 Å². The van der Waals surface area contributed by atoms with E-state index in [1.54, 1.807) is 0 Å². The van der Waals surface area contributed by atoms with Gasteiger partial charge < -0.3 is 15.5 Å². The molecule has 1 heterocycles. The molecule has 0 atom stereocenters. The van der Waals surface area contributed by atoms with Crippen LogP contribution in [-0.4, -0.2) is 42.4 Å². The minimum Gasteiger partial charge on any atom is -0.381 e. The van der Waals surface area contributed by atoms with Crippen molar-refractivity contribution < 1.29 is 9.59 Å². The summed E-state index contributed by atoms with van der Waals surface area (Å²) in [7, 11) is 0. The van der Waals surface area contributed by atoms with E-state index in [9.17, 15) is 9.59 Å². The number of halogens is 1. The number of amides is 2. The summed E-state index contributed by atoms with van der Waals surface area (Å²) >= 11 is 6.15. The molecular weight excluding hydrogens is 314 g/mol. The third-order valence-corrected chi connectivity index (χ3v) is 4.23. The van der Waals surface area contributed by atoms with Crippen LogP contribution in [0.1, 0.15) is 19.3 Å². The first-order valence-electron chi connectivity index (χ1n) is 7.79. The van der Waals surface area contributed by atoms with Gasteiger partial charge in [-0.2, -0.15) is 0 Å².